The first kappa shape index (κ1) is 13.6. The van der Waals surface area contributed by atoms with E-state index in [2.05, 4.69) is 39.8 Å². The molecule has 1 aromatic carbocycles. The number of aryl methyl sites for hydroxylation is 3. The molecule has 100 valence electrons. The Labute approximate surface area is 113 Å². The molecule has 2 atom stereocenters. The van der Waals surface area contributed by atoms with Gasteiger partial charge >= 0.3 is 0 Å². The molecule has 1 aliphatic carbocycles. The predicted molar refractivity (Wildman–Crippen MR) is 80.3 cm³/mol. The number of unbranched alkanes of at least 4 members (excludes halogenated alkanes) is 1. The van der Waals surface area contributed by atoms with Gasteiger partial charge in [-0.2, -0.15) is 0 Å². The van der Waals surface area contributed by atoms with Gasteiger partial charge in [-0.05, 0) is 67.2 Å². The lowest BCUT2D eigenvalue weighted by Crippen LogP contribution is -2.17. The van der Waals surface area contributed by atoms with E-state index < -0.39 is 0 Å². The van der Waals surface area contributed by atoms with Gasteiger partial charge in [-0.15, -0.1) is 0 Å². The van der Waals surface area contributed by atoms with Gasteiger partial charge in [0, 0.05) is 0 Å². The molecule has 0 saturated carbocycles. The van der Waals surface area contributed by atoms with Crippen molar-refractivity contribution in [3.63, 3.8) is 0 Å². The van der Waals surface area contributed by atoms with Crippen LogP contribution in [0, 0.1) is 19.8 Å². The summed E-state index contributed by atoms with van der Waals surface area (Å²) >= 11 is 0. The zero-order valence-corrected chi connectivity index (χ0v) is 12.6. The lowest BCUT2D eigenvalue weighted by Gasteiger charge is -2.31. The molecule has 1 aliphatic rings. The highest BCUT2D eigenvalue weighted by atomic mass is 14.3. The van der Waals surface area contributed by atoms with Crippen molar-refractivity contribution < 1.29 is 0 Å². The van der Waals surface area contributed by atoms with Crippen LogP contribution in [0.25, 0.3) is 0 Å². The molecule has 0 saturated heterocycles. The molecule has 0 unspecified atom stereocenters. The lowest BCUT2D eigenvalue weighted by atomic mass is 9.74. The highest BCUT2D eigenvalue weighted by Gasteiger charge is 2.25. The van der Waals surface area contributed by atoms with Crippen LogP contribution in [0.1, 0.15) is 74.1 Å². The van der Waals surface area contributed by atoms with Crippen LogP contribution >= 0.6 is 0 Å². The molecule has 0 amide bonds. The topological polar surface area (TPSA) is 0 Å². The van der Waals surface area contributed by atoms with E-state index in [0.717, 1.165) is 11.8 Å². The van der Waals surface area contributed by atoms with Crippen LogP contribution in [0.15, 0.2) is 12.1 Å². The minimum Gasteiger partial charge on any atom is -0.0654 e. The Kier molecular flexibility index (Phi) is 4.48. The summed E-state index contributed by atoms with van der Waals surface area (Å²) in [5, 5.41) is 0. The first-order valence-electron chi connectivity index (χ1n) is 7.73. The maximum absolute atomic E-state index is 2.48. The summed E-state index contributed by atoms with van der Waals surface area (Å²) in [6, 6.07) is 4.93. The van der Waals surface area contributed by atoms with Gasteiger partial charge < -0.3 is 0 Å². The maximum atomic E-state index is 2.48. The van der Waals surface area contributed by atoms with Crippen molar-refractivity contribution in [3.05, 3.63) is 34.4 Å². The van der Waals surface area contributed by atoms with E-state index in [4.69, 9.17) is 0 Å². The van der Waals surface area contributed by atoms with Gasteiger partial charge in [-0.1, -0.05) is 45.2 Å². The first-order valence-corrected chi connectivity index (χ1v) is 7.73. The lowest BCUT2D eigenvalue weighted by molar-refractivity contribution is 0.374. The van der Waals surface area contributed by atoms with Gasteiger partial charge in [0.05, 0.1) is 0 Å². The zero-order chi connectivity index (χ0) is 13.1. The number of hydrogen-bond donors (Lipinski definition) is 0. The molecule has 1 aromatic rings. The predicted octanol–water partition coefficient (Wildman–Crippen LogP) is 5.55. The van der Waals surface area contributed by atoms with Crippen molar-refractivity contribution in [1.82, 2.24) is 0 Å². The Hall–Kier alpha value is -0.780. The summed E-state index contributed by atoms with van der Waals surface area (Å²) in [5.74, 6) is 1.67. The monoisotopic (exact) mass is 244 g/mol. The van der Waals surface area contributed by atoms with Crippen molar-refractivity contribution in [2.45, 2.75) is 72.1 Å². The fourth-order valence-electron chi connectivity index (χ4n) is 3.45. The third kappa shape index (κ3) is 2.79. The summed E-state index contributed by atoms with van der Waals surface area (Å²) in [5.41, 5.74) is 6.25. The van der Waals surface area contributed by atoms with Crippen molar-refractivity contribution in [1.29, 1.82) is 0 Å². The zero-order valence-electron chi connectivity index (χ0n) is 12.6. The Bertz CT molecular complexity index is 403. The average molecular weight is 244 g/mol. The van der Waals surface area contributed by atoms with Crippen LogP contribution in [-0.2, 0) is 6.42 Å². The third-order valence-electron chi connectivity index (χ3n) is 4.82. The Morgan fingerprint density at radius 2 is 1.94 bits per heavy atom. The van der Waals surface area contributed by atoms with E-state index in [1.807, 2.05) is 0 Å². The Morgan fingerprint density at radius 1 is 1.22 bits per heavy atom. The van der Waals surface area contributed by atoms with Crippen molar-refractivity contribution >= 4 is 0 Å². The van der Waals surface area contributed by atoms with Gasteiger partial charge in [0.25, 0.3) is 0 Å². The number of fused-ring (bicyclic) bond motifs is 1. The molecule has 0 bridgehead atoms. The number of benzene rings is 1. The standard InChI is InChI=1S/C18H28/c1-5-6-8-13(2)17-10-7-9-16-11-14(3)15(4)12-18(16)17/h11-13,17H,5-10H2,1-4H3/t13-,17-/m0/s1. The SMILES string of the molecule is CCCC[C@H](C)[C@@H]1CCCc2cc(C)c(C)cc21. The molecular formula is C18H28. The molecule has 0 nitrogen and oxygen atoms in total. The van der Waals surface area contributed by atoms with E-state index >= 15 is 0 Å². The summed E-state index contributed by atoms with van der Waals surface area (Å²) in [6.07, 6.45) is 8.20. The second kappa shape index (κ2) is 5.91. The summed E-state index contributed by atoms with van der Waals surface area (Å²) in [7, 11) is 0. The van der Waals surface area contributed by atoms with Gasteiger partial charge in [0.2, 0.25) is 0 Å². The highest BCUT2D eigenvalue weighted by molar-refractivity contribution is 5.40. The van der Waals surface area contributed by atoms with Gasteiger partial charge in [0.1, 0.15) is 0 Å². The highest BCUT2D eigenvalue weighted by Crippen LogP contribution is 2.39. The molecule has 0 radical (unpaired) electrons. The summed E-state index contributed by atoms with van der Waals surface area (Å²) in [4.78, 5) is 0. The fourth-order valence-corrected chi connectivity index (χ4v) is 3.45. The smallest absolute Gasteiger partial charge is 0.0133 e. The number of rotatable bonds is 4. The molecule has 0 fully saturated rings. The van der Waals surface area contributed by atoms with E-state index in [-0.39, 0.29) is 0 Å². The number of hydrogen-bond acceptors (Lipinski definition) is 0. The van der Waals surface area contributed by atoms with E-state index in [1.165, 1.54) is 49.7 Å². The van der Waals surface area contributed by atoms with Gasteiger partial charge in [0.15, 0.2) is 0 Å². The minimum atomic E-state index is 0.819. The first-order chi connectivity index (χ1) is 8.63. The Balaban J connectivity index is 2.24. The van der Waals surface area contributed by atoms with Crippen LogP contribution in [0.3, 0.4) is 0 Å². The van der Waals surface area contributed by atoms with Crippen LogP contribution in [0.5, 0.6) is 0 Å². The molecule has 0 N–H and O–H groups in total. The van der Waals surface area contributed by atoms with Gasteiger partial charge in [-0.25, -0.2) is 0 Å². The second-order valence-electron chi connectivity index (χ2n) is 6.25. The minimum absolute atomic E-state index is 0.819. The molecule has 0 heterocycles. The summed E-state index contributed by atoms with van der Waals surface area (Å²) in [6.45, 7) is 9.28. The molecule has 0 spiro atoms. The molecule has 2 rings (SSSR count). The molecule has 0 aromatic heterocycles. The molecule has 0 heteroatoms. The average Bonchev–Trinajstić information content (AvgIpc) is 2.36. The normalized spacial score (nSPS) is 20.6. The molecule has 0 aliphatic heterocycles. The van der Waals surface area contributed by atoms with Crippen molar-refractivity contribution in [2.24, 2.45) is 5.92 Å². The van der Waals surface area contributed by atoms with Crippen LogP contribution in [-0.4, -0.2) is 0 Å². The van der Waals surface area contributed by atoms with Gasteiger partial charge in [-0.3, -0.25) is 0 Å². The van der Waals surface area contributed by atoms with Crippen LogP contribution in [0.4, 0.5) is 0 Å². The van der Waals surface area contributed by atoms with E-state index in [0.29, 0.717) is 0 Å². The third-order valence-corrected chi connectivity index (χ3v) is 4.82. The molecular weight excluding hydrogens is 216 g/mol. The largest absolute Gasteiger partial charge is 0.0654 e. The van der Waals surface area contributed by atoms with E-state index in [1.54, 1.807) is 11.1 Å². The van der Waals surface area contributed by atoms with Crippen LogP contribution < -0.4 is 0 Å². The fraction of sp³-hybridized carbons (Fsp3) is 0.667. The Morgan fingerprint density at radius 3 is 2.67 bits per heavy atom. The van der Waals surface area contributed by atoms with E-state index in [9.17, 15) is 0 Å². The molecule has 18 heavy (non-hydrogen) atoms. The van der Waals surface area contributed by atoms with Crippen molar-refractivity contribution in [3.8, 4) is 0 Å². The van der Waals surface area contributed by atoms with Crippen LogP contribution in [0.2, 0.25) is 0 Å². The maximum Gasteiger partial charge on any atom is -0.0133 e. The second-order valence-corrected chi connectivity index (χ2v) is 6.25. The summed E-state index contributed by atoms with van der Waals surface area (Å²) < 4.78 is 0. The quantitative estimate of drug-likeness (QED) is 0.651. The van der Waals surface area contributed by atoms with Crippen molar-refractivity contribution in [2.75, 3.05) is 0 Å².